The highest BCUT2D eigenvalue weighted by molar-refractivity contribution is 7.89. The van der Waals surface area contributed by atoms with Crippen molar-refractivity contribution in [3.05, 3.63) is 30.4 Å². The molecule has 1 unspecified atom stereocenters. The molecule has 0 saturated carbocycles. The first-order chi connectivity index (χ1) is 10.5. The van der Waals surface area contributed by atoms with E-state index in [1.54, 1.807) is 12.1 Å². The summed E-state index contributed by atoms with van der Waals surface area (Å²) in [6.07, 6.45) is 3.07. The smallest absolute Gasteiger partial charge is 0.311 e. The molecule has 0 amide bonds. The van der Waals surface area contributed by atoms with E-state index in [4.69, 9.17) is 14.6 Å². The van der Waals surface area contributed by atoms with Crippen LogP contribution in [0.2, 0.25) is 0 Å². The van der Waals surface area contributed by atoms with Gasteiger partial charge >= 0.3 is 5.97 Å². The van der Waals surface area contributed by atoms with Gasteiger partial charge in [-0.15, -0.1) is 0 Å². The molecular weight excluding hydrogens is 310 g/mol. The lowest BCUT2D eigenvalue weighted by Gasteiger charge is -2.27. The fourth-order valence-corrected chi connectivity index (χ4v) is 3.82. The molecule has 22 heavy (non-hydrogen) atoms. The van der Waals surface area contributed by atoms with E-state index >= 15 is 0 Å². The third-order valence-corrected chi connectivity index (χ3v) is 5.37. The van der Waals surface area contributed by atoms with Gasteiger partial charge < -0.3 is 14.6 Å². The van der Waals surface area contributed by atoms with Gasteiger partial charge in [0.05, 0.1) is 10.8 Å². The molecule has 3 rings (SSSR count). The molecule has 0 radical (unpaired) electrons. The quantitative estimate of drug-likeness (QED) is 0.823. The van der Waals surface area contributed by atoms with Gasteiger partial charge in [0.15, 0.2) is 11.5 Å². The Balaban J connectivity index is 1.90. The summed E-state index contributed by atoms with van der Waals surface area (Å²) < 4.78 is 37.2. The summed E-state index contributed by atoms with van der Waals surface area (Å²) in [5.74, 6) is -0.985. The van der Waals surface area contributed by atoms with Crippen LogP contribution in [0.3, 0.4) is 0 Å². The molecule has 8 heteroatoms. The van der Waals surface area contributed by atoms with Crippen LogP contribution in [0.25, 0.3) is 0 Å². The molecule has 1 N–H and O–H groups in total. The molecule has 2 heterocycles. The van der Waals surface area contributed by atoms with Crippen molar-refractivity contribution in [1.82, 2.24) is 4.31 Å². The highest BCUT2D eigenvalue weighted by Crippen LogP contribution is 2.33. The zero-order valence-electron chi connectivity index (χ0n) is 11.6. The number of rotatable bonds is 3. The number of hydrogen-bond acceptors (Lipinski definition) is 5. The molecule has 2 aliphatic heterocycles. The molecule has 2 aliphatic rings. The Kier molecular flexibility index (Phi) is 3.79. The molecule has 0 spiro atoms. The van der Waals surface area contributed by atoms with Crippen LogP contribution in [0.1, 0.15) is 0 Å². The van der Waals surface area contributed by atoms with E-state index in [0.29, 0.717) is 24.7 Å². The number of carbonyl (C=O) groups is 1. The van der Waals surface area contributed by atoms with Crippen LogP contribution in [0.4, 0.5) is 0 Å². The van der Waals surface area contributed by atoms with Crippen LogP contribution in [-0.4, -0.2) is 50.1 Å². The molecule has 0 fully saturated rings. The van der Waals surface area contributed by atoms with E-state index < -0.39 is 21.9 Å². The molecule has 0 aliphatic carbocycles. The lowest BCUT2D eigenvalue weighted by Crippen LogP contribution is -2.39. The van der Waals surface area contributed by atoms with Crippen LogP contribution < -0.4 is 9.47 Å². The van der Waals surface area contributed by atoms with E-state index in [1.165, 1.54) is 18.2 Å². The summed E-state index contributed by atoms with van der Waals surface area (Å²) in [6, 6.07) is 4.41. The number of fused-ring (bicyclic) bond motifs is 1. The van der Waals surface area contributed by atoms with Crippen molar-refractivity contribution in [1.29, 1.82) is 0 Å². The van der Waals surface area contributed by atoms with Gasteiger partial charge in [0.25, 0.3) is 0 Å². The third kappa shape index (κ3) is 2.67. The summed E-state index contributed by atoms with van der Waals surface area (Å²) in [5.41, 5.74) is 0. The number of hydrogen-bond donors (Lipinski definition) is 1. The topological polar surface area (TPSA) is 93.1 Å². The van der Waals surface area contributed by atoms with Crippen molar-refractivity contribution in [3.8, 4) is 11.5 Å². The van der Waals surface area contributed by atoms with Crippen LogP contribution in [-0.2, 0) is 14.8 Å². The zero-order valence-corrected chi connectivity index (χ0v) is 12.5. The molecule has 0 bridgehead atoms. The van der Waals surface area contributed by atoms with Gasteiger partial charge in [-0.1, -0.05) is 12.2 Å². The van der Waals surface area contributed by atoms with Crippen molar-refractivity contribution in [2.75, 3.05) is 26.3 Å². The normalized spacial score (nSPS) is 21.5. The van der Waals surface area contributed by atoms with Gasteiger partial charge in [-0.25, -0.2) is 8.42 Å². The van der Waals surface area contributed by atoms with E-state index in [-0.39, 0.29) is 18.0 Å². The fourth-order valence-electron chi connectivity index (χ4n) is 2.39. The Labute approximate surface area is 127 Å². The highest BCUT2D eigenvalue weighted by atomic mass is 32.2. The molecule has 1 aromatic carbocycles. The fraction of sp³-hybridized carbons (Fsp3) is 0.357. The summed E-state index contributed by atoms with van der Waals surface area (Å²) in [7, 11) is -3.78. The Morgan fingerprint density at radius 1 is 1.23 bits per heavy atom. The molecule has 0 saturated heterocycles. The standard InChI is InChI=1S/C14H15NO6S/c16-14(17)10-2-1-5-15(9-10)22(18,19)11-3-4-12-13(8-11)21-7-6-20-12/h1-4,8,10H,5-7,9H2,(H,16,17). The van der Waals surface area contributed by atoms with E-state index in [0.717, 1.165) is 4.31 Å². The van der Waals surface area contributed by atoms with Crippen molar-refractivity contribution in [2.45, 2.75) is 4.90 Å². The Morgan fingerprint density at radius 3 is 2.68 bits per heavy atom. The van der Waals surface area contributed by atoms with Gasteiger partial charge in [0, 0.05) is 19.2 Å². The third-order valence-electron chi connectivity index (χ3n) is 3.55. The predicted molar refractivity (Wildman–Crippen MR) is 76.5 cm³/mol. The van der Waals surface area contributed by atoms with Crippen molar-refractivity contribution in [3.63, 3.8) is 0 Å². The molecule has 0 aromatic heterocycles. The lowest BCUT2D eigenvalue weighted by molar-refractivity contribution is -0.140. The average Bonchev–Trinajstić information content (AvgIpc) is 2.54. The maximum atomic E-state index is 12.6. The second kappa shape index (κ2) is 5.62. The van der Waals surface area contributed by atoms with Gasteiger partial charge in [-0.3, -0.25) is 4.79 Å². The number of benzene rings is 1. The monoisotopic (exact) mass is 325 g/mol. The summed E-state index contributed by atoms with van der Waals surface area (Å²) in [4.78, 5) is 11.1. The van der Waals surface area contributed by atoms with Crippen molar-refractivity contribution >= 4 is 16.0 Å². The zero-order chi connectivity index (χ0) is 15.7. The van der Waals surface area contributed by atoms with Crippen LogP contribution in [0.15, 0.2) is 35.2 Å². The van der Waals surface area contributed by atoms with E-state index in [9.17, 15) is 13.2 Å². The molecular formula is C14H15NO6S. The number of aliphatic carboxylic acids is 1. The predicted octanol–water partition coefficient (Wildman–Crippen LogP) is 0.719. The maximum absolute atomic E-state index is 12.6. The second-order valence-corrected chi connectivity index (χ2v) is 6.94. The number of ether oxygens (including phenoxy) is 2. The Hall–Kier alpha value is -2.06. The molecule has 118 valence electrons. The van der Waals surface area contributed by atoms with Crippen molar-refractivity contribution in [2.24, 2.45) is 5.92 Å². The first-order valence-electron chi connectivity index (χ1n) is 6.78. The van der Waals surface area contributed by atoms with Gasteiger partial charge in [-0.05, 0) is 12.1 Å². The van der Waals surface area contributed by atoms with E-state index in [1.807, 2.05) is 0 Å². The van der Waals surface area contributed by atoms with Gasteiger partial charge in [0.1, 0.15) is 13.2 Å². The second-order valence-electron chi connectivity index (χ2n) is 5.00. The first kappa shape index (κ1) is 14.9. The number of carboxylic acids is 1. The minimum absolute atomic E-state index is 0.0659. The summed E-state index contributed by atoms with van der Waals surface area (Å²) in [5, 5.41) is 9.04. The Morgan fingerprint density at radius 2 is 1.95 bits per heavy atom. The number of sulfonamides is 1. The largest absolute Gasteiger partial charge is 0.486 e. The summed E-state index contributed by atoms with van der Waals surface area (Å²) in [6.45, 7) is 0.865. The molecule has 1 aromatic rings. The van der Waals surface area contributed by atoms with Crippen LogP contribution in [0.5, 0.6) is 11.5 Å². The SMILES string of the molecule is O=C(O)C1C=CCN(S(=O)(=O)c2ccc3c(c2)OCCO3)C1. The van der Waals surface area contributed by atoms with Gasteiger partial charge in [-0.2, -0.15) is 4.31 Å². The molecule has 1 atom stereocenters. The highest BCUT2D eigenvalue weighted by Gasteiger charge is 2.31. The van der Waals surface area contributed by atoms with Gasteiger partial charge in [0.2, 0.25) is 10.0 Å². The van der Waals surface area contributed by atoms with Crippen LogP contribution in [0, 0.1) is 5.92 Å². The van der Waals surface area contributed by atoms with Crippen LogP contribution >= 0.6 is 0 Å². The number of carboxylic acid groups (broad SMARTS) is 1. The molecule has 7 nitrogen and oxygen atoms in total. The lowest BCUT2D eigenvalue weighted by atomic mass is 10.1. The minimum Gasteiger partial charge on any atom is -0.486 e. The van der Waals surface area contributed by atoms with Crippen molar-refractivity contribution < 1.29 is 27.8 Å². The average molecular weight is 325 g/mol. The summed E-state index contributed by atoms with van der Waals surface area (Å²) >= 11 is 0. The maximum Gasteiger partial charge on any atom is 0.311 e. The Bertz CT molecular complexity index is 727. The first-order valence-corrected chi connectivity index (χ1v) is 8.22. The number of nitrogens with zero attached hydrogens (tertiary/aromatic N) is 1. The minimum atomic E-state index is -3.78. The van der Waals surface area contributed by atoms with E-state index in [2.05, 4.69) is 0 Å².